The Hall–Kier alpha value is -2.89. The molecule has 0 heterocycles. The summed E-state index contributed by atoms with van der Waals surface area (Å²) >= 11 is 0. The van der Waals surface area contributed by atoms with Crippen molar-refractivity contribution in [2.45, 2.75) is 46.7 Å². The van der Waals surface area contributed by atoms with Crippen LogP contribution >= 0.6 is 0 Å². The summed E-state index contributed by atoms with van der Waals surface area (Å²) in [6.07, 6.45) is 0.806. The van der Waals surface area contributed by atoms with E-state index >= 15 is 0 Å². The van der Waals surface area contributed by atoms with Crippen LogP contribution in [-0.4, -0.2) is 35.9 Å². The molecule has 6 heteroatoms. The number of rotatable bonds is 9. The van der Waals surface area contributed by atoms with E-state index in [0.29, 0.717) is 12.3 Å². The minimum atomic E-state index is -0.679. The first kappa shape index (κ1) is 22.4. The largest absolute Gasteiger partial charge is 0.484 e. The standard InChI is InChI=1S/C23H29FN2O3/c1-5-10-25-23(28)18(4)26(14-19-6-8-20(24)9-7-19)22(27)15-29-21-12-16(2)11-17(3)13-21/h6-9,11-13,18H,5,10,14-15H2,1-4H3,(H,25,28). The Kier molecular flexibility index (Phi) is 8.19. The zero-order valence-electron chi connectivity index (χ0n) is 17.5. The van der Waals surface area contributed by atoms with Crippen molar-refractivity contribution in [3.63, 3.8) is 0 Å². The Balaban J connectivity index is 2.14. The number of nitrogens with one attached hydrogen (secondary N) is 1. The van der Waals surface area contributed by atoms with Crippen LogP contribution in [0.1, 0.15) is 37.0 Å². The Morgan fingerprint density at radius 2 is 1.72 bits per heavy atom. The quantitative estimate of drug-likeness (QED) is 0.697. The van der Waals surface area contributed by atoms with Gasteiger partial charge in [-0.3, -0.25) is 9.59 Å². The van der Waals surface area contributed by atoms with Gasteiger partial charge in [0.25, 0.3) is 5.91 Å². The molecule has 0 spiro atoms. The maximum absolute atomic E-state index is 13.2. The highest BCUT2D eigenvalue weighted by Crippen LogP contribution is 2.17. The fourth-order valence-electron chi connectivity index (χ4n) is 3.01. The van der Waals surface area contributed by atoms with E-state index in [0.717, 1.165) is 23.1 Å². The van der Waals surface area contributed by atoms with Gasteiger partial charge in [0.1, 0.15) is 17.6 Å². The number of carbonyl (C=O) groups is 2. The van der Waals surface area contributed by atoms with E-state index in [1.165, 1.54) is 17.0 Å². The lowest BCUT2D eigenvalue weighted by atomic mass is 10.1. The van der Waals surface area contributed by atoms with Gasteiger partial charge in [0.2, 0.25) is 5.91 Å². The van der Waals surface area contributed by atoms with Gasteiger partial charge in [-0.2, -0.15) is 0 Å². The molecule has 5 nitrogen and oxygen atoms in total. The van der Waals surface area contributed by atoms with Gasteiger partial charge in [-0.15, -0.1) is 0 Å². The summed E-state index contributed by atoms with van der Waals surface area (Å²) in [6, 6.07) is 11.0. The van der Waals surface area contributed by atoms with E-state index in [-0.39, 0.29) is 30.8 Å². The zero-order valence-corrected chi connectivity index (χ0v) is 17.5. The van der Waals surface area contributed by atoms with E-state index in [9.17, 15) is 14.0 Å². The molecule has 0 aliphatic heterocycles. The highest BCUT2D eigenvalue weighted by molar-refractivity contribution is 5.87. The van der Waals surface area contributed by atoms with Gasteiger partial charge in [-0.1, -0.05) is 25.1 Å². The number of carbonyl (C=O) groups excluding carboxylic acids is 2. The van der Waals surface area contributed by atoms with Crippen LogP contribution in [0.15, 0.2) is 42.5 Å². The normalized spacial score (nSPS) is 11.6. The second kappa shape index (κ2) is 10.6. The number of hydrogen-bond donors (Lipinski definition) is 1. The van der Waals surface area contributed by atoms with Gasteiger partial charge >= 0.3 is 0 Å². The Bertz CT molecular complexity index is 816. The molecule has 2 rings (SSSR count). The number of aryl methyl sites for hydroxylation is 2. The smallest absolute Gasteiger partial charge is 0.261 e. The first-order valence-corrected chi connectivity index (χ1v) is 9.83. The minimum Gasteiger partial charge on any atom is -0.484 e. The Labute approximate surface area is 171 Å². The SMILES string of the molecule is CCCNC(=O)C(C)N(Cc1ccc(F)cc1)C(=O)COc1cc(C)cc(C)c1. The van der Waals surface area contributed by atoms with Crippen LogP contribution in [0.3, 0.4) is 0 Å². The molecule has 0 aliphatic carbocycles. The summed E-state index contributed by atoms with van der Waals surface area (Å²) in [5.41, 5.74) is 2.83. The lowest BCUT2D eigenvalue weighted by molar-refractivity contribution is -0.142. The number of ether oxygens (including phenoxy) is 1. The molecule has 0 fully saturated rings. The van der Waals surface area contributed by atoms with E-state index in [1.807, 2.05) is 39.0 Å². The molecule has 0 radical (unpaired) electrons. The zero-order chi connectivity index (χ0) is 21.4. The van der Waals surface area contributed by atoms with Crippen molar-refractivity contribution in [2.24, 2.45) is 0 Å². The van der Waals surface area contributed by atoms with Gasteiger partial charge in [0.15, 0.2) is 6.61 Å². The summed E-state index contributed by atoms with van der Waals surface area (Å²) in [6.45, 7) is 8.12. The van der Waals surface area contributed by atoms with Crippen molar-refractivity contribution in [1.82, 2.24) is 10.2 Å². The average molecular weight is 400 g/mol. The van der Waals surface area contributed by atoms with Crippen molar-refractivity contribution in [1.29, 1.82) is 0 Å². The maximum Gasteiger partial charge on any atom is 0.261 e. The number of benzene rings is 2. The minimum absolute atomic E-state index is 0.185. The molecule has 2 amide bonds. The number of amides is 2. The van der Waals surface area contributed by atoms with Gasteiger partial charge in [0.05, 0.1) is 0 Å². The molecule has 1 atom stereocenters. The summed E-state index contributed by atoms with van der Waals surface area (Å²) in [7, 11) is 0. The predicted octanol–water partition coefficient (Wildman–Crippen LogP) is 3.76. The third-order valence-corrected chi connectivity index (χ3v) is 4.54. The van der Waals surface area contributed by atoms with Gasteiger partial charge in [0, 0.05) is 13.1 Å². The molecule has 0 saturated heterocycles. The second-order valence-electron chi connectivity index (χ2n) is 7.23. The van der Waals surface area contributed by atoms with Crippen LogP contribution in [0.25, 0.3) is 0 Å². The molecular formula is C23H29FN2O3. The molecule has 156 valence electrons. The first-order chi connectivity index (χ1) is 13.8. The molecule has 2 aromatic carbocycles. The van der Waals surface area contributed by atoms with Crippen molar-refractivity contribution >= 4 is 11.8 Å². The third-order valence-electron chi connectivity index (χ3n) is 4.54. The Morgan fingerprint density at radius 3 is 2.31 bits per heavy atom. The summed E-state index contributed by atoms with van der Waals surface area (Å²) < 4.78 is 18.9. The van der Waals surface area contributed by atoms with Crippen molar-refractivity contribution in [3.8, 4) is 5.75 Å². The van der Waals surface area contributed by atoms with E-state index in [1.54, 1.807) is 19.1 Å². The monoisotopic (exact) mass is 400 g/mol. The fourth-order valence-corrected chi connectivity index (χ4v) is 3.01. The lowest BCUT2D eigenvalue weighted by Gasteiger charge is -2.28. The van der Waals surface area contributed by atoms with Gasteiger partial charge in [-0.25, -0.2) is 4.39 Å². The van der Waals surface area contributed by atoms with Crippen LogP contribution in [0.5, 0.6) is 5.75 Å². The summed E-state index contributed by atoms with van der Waals surface area (Å²) in [5.74, 6) is -0.277. The van der Waals surface area contributed by atoms with Gasteiger partial charge in [-0.05, 0) is 68.1 Å². The van der Waals surface area contributed by atoms with Crippen molar-refractivity contribution < 1.29 is 18.7 Å². The molecule has 1 unspecified atom stereocenters. The topological polar surface area (TPSA) is 58.6 Å². The molecule has 0 aliphatic rings. The average Bonchev–Trinajstić information content (AvgIpc) is 2.68. The van der Waals surface area contributed by atoms with Crippen LogP contribution < -0.4 is 10.1 Å². The van der Waals surface area contributed by atoms with Crippen LogP contribution in [0, 0.1) is 19.7 Å². The Morgan fingerprint density at radius 1 is 1.10 bits per heavy atom. The second-order valence-corrected chi connectivity index (χ2v) is 7.23. The summed E-state index contributed by atoms with van der Waals surface area (Å²) in [5, 5.41) is 2.82. The maximum atomic E-state index is 13.2. The van der Waals surface area contributed by atoms with Crippen molar-refractivity contribution in [3.05, 3.63) is 65.0 Å². The molecule has 0 saturated carbocycles. The lowest BCUT2D eigenvalue weighted by Crippen LogP contribution is -2.49. The number of halogens is 1. The third kappa shape index (κ3) is 6.89. The van der Waals surface area contributed by atoms with Gasteiger partial charge < -0.3 is 15.0 Å². The molecule has 2 aromatic rings. The number of hydrogen-bond acceptors (Lipinski definition) is 3. The van der Waals surface area contributed by atoms with Crippen molar-refractivity contribution in [2.75, 3.05) is 13.2 Å². The van der Waals surface area contributed by atoms with E-state index in [2.05, 4.69) is 5.32 Å². The molecular weight excluding hydrogens is 371 g/mol. The molecule has 0 bridgehead atoms. The highest BCUT2D eigenvalue weighted by atomic mass is 19.1. The molecule has 29 heavy (non-hydrogen) atoms. The van der Waals surface area contributed by atoms with Crippen LogP contribution in [-0.2, 0) is 16.1 Å². The van der Waals surface area contributed by atoms with E-state index in [4.69, 9.17) is 4.74 Å². The predicted molar refractivity (Wildman–Crippen MR) is 111 cm³/mol. The van der Waals surface area contributed by atoms with E-state index < -0.39 is 6.04 Å². The first-order valence-electron chi connectivity index (χ1n) is 9.83. The number of nitrogens with zero attached hydrogens (tertiary/aromatic N) is 1. The summed E-state index contributed by atoms with van der Waals surface area (Å²) in [4.78, 5) is 26.8. The van der Waals surface area contributed by atoms with Crippen LogP contribution in [0.4, 0.5) is 4.39 Å². The molecule has 0 aromatic heterocycles. The highest BCUT2D eigenvalue weighted by Gasteiger charge is 2.26. The van der Waals surface area contributed by atoms with Crippen LogP contribution in [0.2, 0.25) is 0 Å². The fraction of sp³-hybridized carbons (Fsp3) is 0.391. The molecule has 1 N–H and O–H groups in total.